The van der Waals surface area contributed by atoms with Crippen LogP contribution in [0.5, 0.6) is 0 Å². The van der Waals surface area contributed by atoms with Crippen LogP contribution < -0.4 is 5.32 Å². The molecule has 0 aliphatic carbocycles. The summed E-state index contributed by atoms with van der Waals surface area (Å²) in [5.41, 5.74) is -0.502. The number of amides is 1. The van der Waals surface area contributed by atoms with E-state index in [1.54, 1.807) is 0 Å². The summed E-state index contributed by atoms with van der Waals surface area (Å²) in [6, 6.07) is 3.32. The van der Waals surface area contributed by atoms with Crippen LogP contribution in [0, 0.1) is 17.6 Å². The minimum Gasteiger partial charge on any atom is -0.349 e. The Morgan fingerprint density at radius 2 is 1.74 bits per heavy atom. The Balaban J connectivity index is 2.55. The number of hydrogen-bond donors (Lipinski definition) is 1. The molecule has 0 heterocycles. The molecule has 1 rings (SSSR count). The van der Waals surface area contributed by atoms with Crippen LogP contribution in [0.15, 0.2) is 18.2 Å². The lowest BCUT2D eigenvalue weighted by Gasteiger charge is -2.15. The molecule has 1 amide bonds. The van der Waals surface area contributed by atoms with Gasteiger partial charge in [-0.3, -0.25) is 4.79 Å². The largest absolute Gasteiger partial charge is 0.349 e. The summed E-state index contributed by atoms with van der Waals surface area (Å²) in [5.74, 6) is -1.72. The molecular weight excluding hydrogens is 248 g/mol. The first kappa shape index (κ1) is 15.6. The molecule has 1 atom stereocenters. The van der Waals surface area contributed by atoms with E-state index in [0.717, 1.165) is 31.4 Å². The average molecular weight is 269 g/mol. The minimum absolute atomic E-state index is 0.0924. The van der Waals surface area contributed by atoms with E-state index in [-0.39, 0.29) is 6.04 Å². The Labute approximate surface area is 113 Å². The molecule has 0 fully saturated rings. The van der Waals surface area contributed by atoms with Gasteiger partial charge < -0.3 is 5.32 Å². The van der Waals surface area contributed by atoms with Gasteiger partial charge in [-0.15, -0.1) is 0 Å². The van der Waals surface area contributed by atoms with E-state index in [4.69, 9.17) is 0 Å². The van der Waals surface area contributed by atoms with Crippen molar-refractivity contribution in [3.8, 4) is 0 Å². The molecule has 0 radical (unpaired) electrons. The highest BCUT2D eigenvalue weighted by atomic mass is 19.1. The van der Waals surface area contributed by atoms with Gasteiger partial charge in [-0.25, -0.2) is 8.78 Å². The van der Waals surface area contributed by atoms with E-state index in [1.807, 2.05) is 6.92 Å². The third-order valence-corrected chi connectivity index (χ3v) is 2.99. The second-order valence-electron chi connectivity index (χ2n) is 5.30. The van der Waals surface area contributed by atoms with Crippen molar-refractivity contribution in [2.45, 2.75) is 46.1 Å². The average Bonchev–Trinajstić information content (AvgIpc) is 2.27. The zero-order valence-corrected chi connectivity index (χ0v) is 11.7. The topological polar surface area (TPSA) is 29.1 Å². The number of halogens is 2. The van der Waals surface area contributed by atoms with Gasteiger partial charge in [0, 0.05) is 6.04 Å². The highest BCUT2D eigenvalue weighted by Crippen LogP contribution is 2.13. The van der Waals surface area contributed by atoms with Gasteiger partial charge in [0.15, 0.2) is 0 Å². The third-order valence-electron chi connectivity index (χ3n) is 2.99. The Morgan fingerprint density at radius 1 is 1.16 bits per heavy atom. The van der Waals surface area contributed by atoms with Crippen molar-refractivity contribution in [1.82, 2.24) is 5.32 Å². The lowest BCUT2D eigenvalue weighted by molar-refractivity contribution is 0.0929. The lowest BCUT2D eigenvalue weighted by atomic mass is 10.0. The standard InChI is InChI=1S/C15H21F2NO/c1-10(2)6-4-7-11(3)18-15(19)14-12(16)8-5-9-13(14)17/h5,8-11H,4,6-7H2,1-3H3,(H,18,19). The second-order valence-corrected chi connectivity index (χ2v) is 5.30. The maximum Gasteiger partial charge on any atom is 0.257 e. The summed E-state index contributed by atoms with van der Waals surface area (Å²) >= 11 is 0. The van der Waals surface area contributed by atoms with Gasteiger partial charge in [0.05, 0.1) is 0 Å². The summed E-state index contributed by atoms with van der Waals surface area (Å²) < 4.78 is 26.8. The monoisotopic (exact) mass is 269 g/mol. The molecule has 2 nitrogen and oxygen atoms in total. The van der Waals surface area contributed by atoms with Crippen LogP contribution in [0.1, 0.15) is 50.4 Å². The van der Waals surface area contributed by atoms with Crippen LogP contribution in [0.4, 0.5) is 8.78 Å². The normalized spacial score (nSPS) is 12.5. The number of hydrogen-bond acceptors (Lipinski definition) is 1. The molecule has 1 N–H and O–H groups in total. The van der Waals surface area contributed by atoms with Crippen molar-refractivity contribution in [3.63, 3.8) is 0 Å². The van der Waals surface area contributed by atoms with Gasteiger partial charge in [-0.2, -0.15) is 0 Å². The fourth-order valence-corrected chi connectivity index (χ4v) is 1.92. The van der Waals surface area contributed by atoms with Crippen LogP contribution in [0.25, 0.3) is 0 Å². The quantitative estimate of drug-likeness (QED) is 0.833. The van der Waals surface area contributed by atoms with Crippen molar-refractivity contribution in [1.29, 1.82) is 0 Å². The maximum absolute atomic E-state index is 13.4. The summed E-state index contributed by atoms with van der Waals surface area (Å²) in [6.45, 7) is 6.12. The first-order valence-corrected chi connectivity index (χ1v) is 6.66. The Bertz CT molecular complexity index is 412. The first-order chi connectivity index (χ1) is 8.91. The van der Waals surface area contributed by atoms with Crippen LogP contribution in [-0.2, 0) is 0 Å². The molecule has 0 saturated heterocycles. The molecule has 0 bridgehead atoms. The third kappa shape index (κ3) is 4.97. The summed E-state index contributed by atoms with van der Waals surface area (Å²) in [7, 11) is 0. The molecule has 0 saturated carbocycles. The Kier molecular flexibility index (Phi) is 5.93. The van der Waals surface area contributed by atoms with Gasteiger partial charge in [0.25, 0.3) is 5.91 Å². The van der Waals surface area contributed by atoms with E-state index in [1.165, 1.54) is 6.07 Å². The van der Waals surface area contributed by atoms with Crippen LogP contribution >= 0.6 is 0 Å². The van der Waals surface area contributed by atoms with Crippen LogP contribution in [0.3, 0.4) is 0 Å². The first-order valence-electron chi connectivity index (χ1n) is 6.66. The molecule has 0 aromatic heterocycles. The summed E-state index contributed by atoms with van der Waals surface area (Å²) in [6.07, 6.45) is 2.87. The second kappa shape index (κ2) is 7.22. The maximum atomic E-state index is 13.4. The zero-order valence-electron chi connectivity index (χ0n) is 11.7. The predicted molar refractivity (Wildman–Crippen MR) is 72.0 cm³/mol. The molecule has 0 aliphatic rings. The molecular formula is C15H21F2NO. The van der Waals surface area contributed by atoms with Crippen molar-refractivity contribution >= 4 is 5.91 Å². The number of carbonyl (C=O) groups excluding carboxylic acids is 1. The summed E-state index contributed by atoms with van der Waals surface area (Å²) in [4.78, 5) is 11.8. The number of benzene rings is 1. The lowest BCUT2D eigenvalue weighted by Crippen LogP contribution is -2.33. The van der Waals surface area contributed by atoms with Gasteiger partial charge >= 0.3 is 0 Å². The smallest absolute Gasteiger partial charge is 0.257 e. The van der Waals surface area contributed by atoms with Crippen molar-refractivity contribution in [2.75, 3.05) is 0 Å². The van der Waals surface area contributed by atoms with Gasteiger partial charge in [-0.05, 0) is 31.4 Å². The zero-order chi connectivity index (χ0) is 14.4. The Morgan fingerprint density at radius 3 is 2.26 bits per heavy atom. The molecule has 106 valence electrons. The van der Waals surface area contributed by atoms with E-state index in [2.05, 4.69) is 19.2 Å². The van der Waals surface area contributed by atoms with Gasteiger partial charge in [0.2, 0.25) is 0 Å². The molecule has 1 aromatic rings. The van der Waals surface area contributed by atoms with Crippen molar-refractivity contribution < 1.29 is 13.6 Å². The molecule has 4 heteroatoms. The molecule has 0 spiro atoms. The Hall–Kier alpha value is -1.45. The van der Waals surface area contributed by atoms with E-state index < -0.39 is 23.1 Å². The van der Waals surface area contributed by atoms with Gasteiger partial charge in [0.1, 0.15) is 17.2 Å². The van der Waals surface area contributed by atoms with E-state index in [9.17, 15) is 13.6 Å². The highest BCUT2D eigenvalue weighted by molar-refractivity contribution is 5.94. The number of rotatable bonds is 6. The van der Waals surface area contributed by atoms with Crippen molar-refractivity contribution in [3.05, 3.63) is 35.4 Å². The SMILES string of the molecule is CC(C)CCCC(C)NC(=O)c1c(F)cccc1F. The molecule has 19 heavy (non-hydrogen) atoms. The minimum atomic E-state index is -0.827. The van der Waals surface area contributed by atoms with Crippen LogP contribution in [0.2, 0.25) is 0 Å². The molecule has 0 aliphatic heterocycles. The summed E-state index contributed by atoms with van der Waals surface area (Å²) in [5, 5.41) is 2.63. The van der Waals surface area contributed by atoms with Crippen molar-refractivity contribution in [2.24, 2.45) is 5.92 Å². The van der Waals surface area contributed by atoms with E-state index >= 15 is 0 Å². The molecule has 1 unspecified atom stereocenters. The van der Waals surface area contributed by atoms with Gasteiger partial charge in [-0.1, -0.05) is 32.8 Å². The fourth-order valence-electron chi connectivity index (χ4n) is 1.92. The number of nitrogens with one attached hydrogen (secondary N) is 1. The fraction of sp³-hybridized carbons (Fsp3) is 0.533. The number of carbonyl (C=O) groups is 1. The predicted octanol–water partition coefficient (Wildman–Crippen LogP) is 3.91. The molecule has 1 aromatic carbocycles. The highest BCUT2D eigenvalue weighted by Gasteiger charge is 2.18. The van der Waals surface area contributed by atoms with E-state index in [0.29, 0.717) is 5.92 Å². The van der Waals surface area contributed by atoms with Crippen LogP contribution in [-0.4, -0.2) is 11.9 Å².